The highest BCUT2D eigenvalue weighted by molar-refractivity contribution is 7.16. The Morgan fingerprint density at radius 1 is 1.54 bits per heavy atom. The normalized spacial score (nSPS) is 30.3. The Labute approximate surface area is 150 Å². The second kappa shape index (κ2) is 6.15. The fourth-order valence-electron chi connectivity index (χ4n) is 3.49. The number of halogens is 2. The molecule has 4 nitrogen and oxygen atoms in total. The molecule has 7 heteroatoms. The monoisotopic (exact) mass is 375 g/mol. The lowest BCUT2D eigenvalue weighted by atomic mass is 9.82. The highest BCUT2D eigenvalue weighted by atomic mass is 35.5. The topological polar surface area (TPSA) is 38.8 Å². The number of hydrogen-bond donors (Lipinski definition) is 0. The quantitative estimate of drug-likeness (QED) is 0.636. The fraction of sp³-hybridized carbons (Fsp3) is 0.706. The van der Waals surface area contributed by atoms with Gasteiger partial charge in [-0.3, -0.25) is 0 Å². The van der Waals surface area contributed by atoms with E-state index in [2.05, 4.69) is 0 Å². The lowest BCUT2D eigenvalue weighted by molar-refractivity contribution is -0.126. The van der Waals surface area contributed by atoms with Gasteiger partial charge in [0.05, 0.1) is 10.9 Å². The number of likely N-dealkylation sites (tertiary alicyclic amines) is 1. The van der Waals surface area contributed by atoms with Gasteiger partial charge >= 0.3 is 6.09 Å². The van der Waals surface area contributed by atoms with Crippen molar-refractivity contribution in [1.82, 2.24) is 4.90 Å². The molecule has 3 heterocycles. The summed E-state index contributed by atoms with van der Waals surface area (Å²) in [6.07, 6.45) is -0.210. The molecular formula is C17H23ClFNO3S. The summed E-state index contributed by atoms with van der Waals surface area (Å²) in [6.45, 7) is 8.09. The summed E-state index contributed by atoms with van der Waals surface area (Å²) in [6, 6.07) is 1.65. The van der Waals surface area contributed by atoms with E-state index in [4.69, 9.17) is 21.1 Å². The molecule has 0 bridgehead atoms. The zero-order chi connectivity index (χ0) is 17.7. The molecule has 0 N–H and O–H groups in total. The van der Waals surface area contributed by atoms with Crippen LogP contribution < -0.4 is 0 Å². The molecule has 1 fully saturated rings. The number of rotatable bonds is 0. The van der Waals surface area contributed by atoms with Gasteiger partial charge in [-0.25, -0.2) is 9.18 Å². The van der Waals surface area contributed by atoms with Gasteiger partial charge in [0.25, 0.3) is 0 Å². The fourth-order valence-corrected chi connectivity index (χ4v) is 4.96. The second-order valence-corrected chi connectivity index (χ2v) is 9.27. The Bertz CT molecular complexity index is 644. The lowest BCUT2D eigenvalue weighted by Gasteiger charge is -2.47. The maximum Gasteiger partial charge on any atom is 0.410 e. The van der Waals surface area contributed by atoms with E-state index in [-0.39, 0.29) is 18.7 Å². The van der Waals surface area contributed by atoms with E-state index in [0.29, 0.717) is 29.3 Å². The van der Waals surface area contributed by atoms with Gasteiger partial charge in [0, 0.05) is 29.4 Å². The number of alkyl halides is 1. The Hall–Kier alpha value is -0.850. The molecule has 2 aliphatic heterocycles. The van der Waals surface area contributed by atoms with Crippen molar-refractivity contribution >= 4 is 29.0 Å². The van der Waals surface area contributed by atoms with Crippen molar-refractivity contribution in [3.8, 4) is 0 Å². The van der Waals surface area contributed by atoms with E-state index in [1.807, 2.05) is 27.7 Å². The molecule has 24 heavy (non-hydrogen) atoms. The molecular weight excluding hydrogens is 353 g/mol. The molecule has 1 aromatic rings. The molecule has 1 amide bonds. The van der Waals surface area contributed by atoms with Gasteiger partial charge < -0.3 is 14.4 Å². The van der Waals surface area contributed by atoms with Crippen LogP contribution in [0.3, 0.4) is 0 Å². The second-order valence-electron chi connectivity index (χ2n) is 7.58. The number of carbonyl (C=O) groups excluding carboxylic acids is 1. The summed E-state index contributed by atoms with van der Waals surface area (Å²) < 4.78 is 26.2. The highest BCUT2D eigenvalue weighted by Crippen LogP contribution is 2.51. The first-order valence-electron chi connectivity index (χ1n) is 8.19. The highest BCUT2D eigenvalue weighted by Gasteiger charge is 2.48. The first-order chi connectivity index (χ1) is 11.1. The van der Waals surface area contributed by atoms with Gasteiger partial charge in [0.15, 0.2) is 0 Å². The largest absolute Gasteiger partial charge is 0.444 e. The average Bonchev–Trinajstić information content (AvgIpc) is 2.85. The summed E-state index contributed by atoms with van der Waals surface area (Å²) in [5.41, 5.74) is -0.425. The van der Waals surface area contributed by atoms with E-state index in [1.54, 1.807) is 11.0 Å². The molecule has 3 rings (SSSR count). The number of piperidine rings is 1. The molecule has 0 radical (unpaired) electrons. The average molecular weight is 376 g/mol. The standard InChI is InChI=1S/C17H23ClFNO3S/c1-10-8-17(5-6-20(10)15(21)23-16(2,3)4)14-11(7-13(18)24-14)12(19)9-22-17/h7,10,12H,5-6,8-9H2,1-4H3. The summed E-state index contributed by atoms with van der Waals surface area (Å²) >= 11 is 7.51. The van der Waals surface area contributed by atoms with Gasteiger partial charge in [-0.1, -0.05) is 11.6 Å². The summed E-state index contributed by atoms with van der Waals surface area (Å²) in [4.78, 5) is 15.0. The molecule has 0 aliphatic carbocycles. The Morgan fingerprint density at radius 3 is 2.88 bits per heavy atom. The smallest absolute Gasteiger partial charge is 0.410 e. The third-order valence-electron chi connectivity index (χ3n) is 4.53. The van der Waals surface area contributed by atoms with Crippen molar-refractivity contribution in [2.75, 3.05) is 13.2 Å². The molecule has 2 aliphatic rings. The van der Waals surface area contributed by atoms with Crippen LogP contribution in [-0.4, -0.2) is 35.8 Å². The van der Waals surface area contributed by atoms with Crippen molar-refractivity contribution in [3.63, 3.8) is 0 Å². The predicted molar refractivity (Wildman–Crippen MR) is 92.4 cm³/mol. The predicted octanol–water partition coefficient (Wildman–Crippen LogP) is 5.06. The number of ether oxygens (including phenoxy) is 2. The number of hydrogen-bond acceptors (Lipinski definition) is 4. The van der Waals surface area contributed by atoms with Crippen molar-refractivity contribution in [3.05, 3.63) is 20.8 Å². The minimum absolute atomic E-state index is 0.0409. The Kier molecular flexibility index (Phi) is 4.60. The number of fused-ring (bicyclic) bond motifs is 2. The van der Waals surface area contributed by atoms with Crippen LogP contribution in [0.25, 0.3) is 0 Å². The van der Waals surface area contributed by atoms with Crippen LogP contribution in [0.15, 0.2) is 6.07 Å². The SMILES string of the molecule is CC1CC2(CCN1C(=O)OC(C)(C)C)OCC(F)c1cc(Cl)sc12. The van der Waals surface area contributed by atoms with Crippen molar-refractivity contribution in [2.24, 2.45) is 0 Å². The molecule has 0 saturated carbocycles. The number of amides is 1. The number of thiophene rings is 1. The molecule has 3 atom stereocenters. The van der Waals surface area contributed by atoms with Gasteiger partial charge in [-0.2, -0.15) is 0 Å². The summed E-state index contributed by atoms with van der Waals surface area (Å²) in [7, 11) is 0. The van der Waals surface area contributed by atoms with Gasteiger partial charge in [0.1, 0.15) is 17.4 Å². The maximum atomic E-state index is 14.2. The summed E-state index contributed by atoms with van der Waals surface area (Å²) in [5.74, 6) is 0. The molecule has 1 spiro atoms. The zero-order valence-electron chi connectivity index (χ0n) is 14.4. The molecule has 3 unspecified atom stereocenters. The van der Waals surface area contributed by atoms with Crippen LogP contribution in [0.4, 0.5) is 9.18 Å². The molecule has 0 aromatic carbocycles. The zero-order valence-corrected chi connectivity index (χ0v) is 16.0. The van der Waals surface area contributed by atoms with Crippen molar-refractivity contribution in [2.45, 2.75) is 64.0 Å². The lowest BCUT2D eigenvalue weighted by Crippen LogP contribution is -2.53. The summed E-state index contributed by atoms with van der Waals surface area (Å²) in [5, 5.41) is 0. The minimum atomic E-state index is -1.13. The van der Waals surface area contributed by atoms with Crippen LogP contribution in [-0.2, 0) is 15.1 Å². The first-order valence-corrected chi connectivity index (χ1v) is 9.38. The van der Waals surface area contributed by atoms with Gasteiger partial charge in [-0.05, 0) is 40.2 Å². The van der Waals surface area contributed by atoms with E-state index in [0.717, 1.165) is 4.88 Å². The van der Waals surface area contributed by atoms with Crippen LogP contribution in [0, 0.1) is 0 Å². The molecule has 134 valence electrons. The number of carbonyl (C=O) groups is 1. The molecule has 1 saturated heterocycles. The Balaban J connectivity index is 1.80. The van der Waals surface area contributed by atoms with E-state index in [9.17, 15) is 9.18 Å². The van der Waals surface area contributed by atoms with Gasteiger partial charge in [0.2, 0.25) is 0 Å². The van der Waals surface area contributed by atoms with Crippen LogP contribution >= 0.6 is 22.9 Å². The van der Waals surface area contributed by atoms with E-state index in [1.165, 1.54) is 11.3 Å². The first kappa shape index (κ1) is 18.0. The third-order valence-corrected chi connectivity index (χ3v) is 5.99. The maximum absolute atomic E-state index is 14.2. The third kappa shape index (κ3) is 3.28. The van der Waals surface area contributed by atoms with E-state index < -0.39 is 17.4 Å². The minimum Gasteiger partial charge on any atom is -0.444 e. The Morgan fingerprint density at radius 2 is 2.25 bits per heavy atom. The van der Waals surface area contributed by atoms with Crippen molar-refractivity contribution < 1.29 is 18.7 Å². The van der Waals surface area contributed by atoms with Gasteiger partial charge in [-0.15, -0.1) is 11.3 Å². The van der Waals surface area contributed by atoms with Crippen molar-refractivity contribution in [1.29, 1.82) is 0 Å². The van der Waals surface area contributed by atoms with E-state index >= 15 is 0 Å². The van der Waals surface area contributed by atoms with Crippen LogP contribution in [0.5, 0.6) is 0 Å². The number of nitrogens with zero attached hydrogens (tertiary/aromatic N) is 1. The van der Waals surface area contributed by atoms with Crippen LogP contribution in [0.1, 0.15) is 57.1 Å². The molecule has 1 aromatic heterocycles. The van der Waals surface area contributed by atoms with Crippen LogP contribution in [0.2, 0.25) is 4.34 Å².